The number of para-hydroxylation sites is 1. The van der Waals surface area contributed by atoms with E-state index in [1.54, 1.807) is 17.0 Å². The molecule has 3 rings (SSSR count). The number of esters is 1. The first kappa shape index (κ1) is 14.8. The van der Waals surface area contributed by atoms with Gasteiger partial charge in [0.1, 0.15) is 5.15 Å². The number of ether oxygens (including phenoxy) is 1. The van der Waals surface area contributed by atoms with E-state index >= 15 is 0 Å². The second-order valence-corrected chi connectivity index (χ2v) is 5.56. The number of rotatable bonds is 3. The van der Waals surface area contributed by atoms with Crippen molar-refractivity contribution >= 4 is 34.4 Å². The molecule has 114 valence electrons. The van der Waals surface area contributed by atoms with E-state index in [4.69, 9.17) is 16.3 Å². The molecular weight excluding hydrogens is 304 g/mol. The molecule has 0 spiro atoms. The van der Waals surface area contributed by atoms with Crippen molar-refractivity contribution in [3.8, 4) is 0 Å². The third-order valence-electron chi connectivity index (χ3n) is 3.69. The Labute approximate surface area is 132 Å². The number of benzene rings is 1. The summed E-state index contributed by atoms with van der Waals surface area (Å²) in [6.45, 7) is 1.23. The quantitative estimate of drug-likeness (QED) is 0.645. The number of carbonyl (C=O) groups is 2. The first-order chi connectivity index (χ1) is 10.6. The molecule has 1 aromatic heterocycles. The number of fused-ring (bicyclic) bond motifs is 1. The largest absolute Gasteiger partial charge is 0.452 e. The number of aromatic nitrogens is 1. The lowest BCUT2D eigenvalue weighted by Gasteiger charge is -2.15. The van der Waals surface area contributed by atoms with Gasteiger partial charge in [-0.15, -0.1) is 0 Å². The van der Waals surface area contributed by atoms with Crippen molar-refractivity contribution in [1.82, 2.24) is 9.88 Å². The molecule has 1 aromatic carbocycles. The maximum atomic E-state index is 12.3. The first-order valence-corrected chi connectivity index (χ1v) is 7.53. The highest BCUT2D eigenvalue weighted by Gasteiger charge is 2.20. The van der Waals surface area contributed by atoms with Gasteiger partial charge >= 0.3 is 5.97 Å². The van der Waals surface area contributed by atoms with Gasteiger partial charge in [-0.25, -0.2) is 9.78 Å². The number of hydrogen-bond donors (Lipinski definition) is 0. The van der Waals surface area contributed by atoms with Gasteiger partial charge in [-0.2, -0.15) is 0 Å². The Bertz CT molecular complexity index is 726. The van der Waals surface area contributed by atoms with Crippen molar-refractivity contribution < 1.29 is 14.3 Å². The Morgan fingerprint density at radius 3 is 2.73 bits per heavy atom. The molecule has 2 heterocycles. The van der Waals surface area contributed by atoms with Gasteiger partial charge in [0.05, 0.1) is 11.1 Å². The molecule has 0 unspecified atom stereocenters. The van der Waals surface area contributed by atoms with E-state index in [0.29, 0.717) is 16.5 Å². The molecule has 0 radical (unpaired) electrons. The van der Waals surface area contributed by atoms with Crippen LogP contribution in [-0.2, 0) is 9.53 Å². The standard InChI is InChI=1S/C16H15ClN2O3/c17-14-9-12(11-5-1-2-6-13(11)18-14)16(21)22-10-15(20)19-7-3-4-8-19/h1-2,5-6,9H,3-4,7-8,10H2. The van der Waals surface area contributed by atoms with Crippen LogP contribution >= 0.6 is 11.6 Å². The Kier molecular flexibility index (Phi) is 4.24. The van der Waals surface area contributed by atoms with E-state index in [9.17, 15) is 9.59 Å². The monoisotopic (exact) mass is 318 g/mol. The molecule has 0 aliphatic carbocycles. The number of carbonyl (C=O) groups excluding carboxylic acids is 2. The lowest BCUT2D eigenvalue weighted by molar-refractivity contribution is -0.133. The zero-order valence-electron chi connectivity index (χ0n) is 11.9. The van der Waals surface area contributed by atoms with Crippen LogP contribution < -0.4 is 0 Å². The molecule has 1 saturated heterocycles. The fourth-order valence-corrected chi connectivity index (χ4v) is 2.77. The maximum Gasteiger partial charge on any atom is 0.339 e. The lowest BCUT2D eigenvalue weighted by Crippen LogP contribution is -2.32. The van der Waals surface area contributed by atoms with Gasteiger partial charge in [0.2, 0.25) is 0 Å². The van der Waals surface area contributed by atoms with Gasteiger partial charge in [-0.05, 0) is 25.0 Å². The van der Waals surface area contributed by atoms with Crippen molar-refractivity contribution in [3.05, 3.63) is 41.0 Å². The van der Waals surface area contributed by atoms with E-state index in [1.807, 2.05) is 12.1 Å². The van der Waals surface area contributed by atoms with Gasteiger partial charge in [-0.3, -0.25) is 4.79 Å². The van der Waals surface area contributed by atoms with E-state index < -0.39 is 5.97 Å². The van der Waals surface area contributed by atoms with Gasteiger partial charge in [-0.1, -0.05) is 29.8 Å². The fourth-order valence-electron chi connectivity index (χ4n) is 2.57. The highest BCUT2D eigenvalue weighted by atomic mass is 35.5. The summed E-state index contributed by atoms with van der Waals surface area (Å²) in [5.41, 5.74) is 0.942. The van der Waals surface area contributed by atoms with E-state index in [1.165, 1.54) is 6.07 Å². The summed E-state index contributed by atoms with van der Waals surface area (Å²) in [4.78, 5) is 30.0. The highest BCUT2D eigenvalue weighted by Crippen LogP contribution is 2.21. The second-order valence-electron chi connectivity index (χ2n) is 5.17. The van der Waals surface area contributed by atoms with Crippen LogP contribution in [0, 0.1) is 0 Å². The number of hydrogen-bond acceptors (Lipinski definition) is 4. The minimum Gasteiger partial charge on any atom is -0.452 e. The Hall–Kier alpha value is -2.14. The molecule has 5 nitrogen and oxygen atoms in total. The normalized spacial score (nSPS) is 14.3. The van der Waals surface area contributed by atoms with Crippen LogP contribution in [0.5, 0.6) is 0 Å². The minimum atomic E-state index is -0.562. The van der Waals surface area contributed by atoms with Gasteiger partial charge in [0, 0.05) is 18.5 Å². The molecule has 2 aromatic rings. The van der Waals surface area contributed by atoms with Crippen molar-refractivity contribution in [3.63, 3.8) is 0 Å². The lowest BCUT2D eigenvalue weighted by atomic mass is 10.1. The van der Waals surface area contributed by atoms with Crippen LogP contribution in [0.15, 0.2) is 30.3 Å². The maximum absolute atomic E-state index is 12.3. The summed E-state index contributed by atoms with van der Waals surface area (Å²) in [7, 11) is 0. The third-order valence-corrected chi connectivity index (χ3v) is 3.88. The number of likely N-dealkylation sites (tertiary alicyclic amines) is 1. The minimum absolute atomic E-state index is 0.157. The molecule has 1 amide bonds. The van der Waals surface area contributed by atoms with Gasteiger partial charge < -0.3 is 9.64 Å². The predicted octanol–water partition coefficient (Wildman–Crippen LogP) is 2.67. The third kappa shape index (κ3) is 3.04. The molecule has 0 N–H and O–H groups in total. The second kappa shape index (κ2) is 6.32. The van der Waals surface area contributed by atoms with Crippen LogP contribution in [0.3, 0.4) is 0 Å². The molecule has 0 bridgehead atoms. The van der Waals surface area contributed by atoms with Crippen LogP contribution in [0.4, 0.5) is 0 Å². The summed E-state index contributed by atoms with van der Waals surface area (Å²) in [5.74, 6) is -0.719. The smallest absolute Gasteiger partial charge is 0.339 e. The van der Waals surface area contributed by atoms with Crippen molar-refractivity contribution in [1.29, 1.82) is 0 Å². The predicted molar refractivity (Wildman–Crippen MR) is 82.8 cm³/mol. The fraction of sp³-hybridized carbons (Fsp3) is 0.312. The zero-order chi connectivity index (χ0) is 15.5. The molecule has 6 heteroatoms. The topological polar surface area (TPSA) is 59.5 Å². The molecule has 1 aliphatic rings. The zero-order valence-corrected chi connectivity index (χ0v) is 12.7. The summed E-state index contributed by atoms with van der Waals surface area (Å²) in [6, 6.07) is 8.64. The Balaban J connectivity index is 1.76. The summed E-state index contributed by atoms with van der Waals surface area (Å²) in [5, 5.41) is 0.877. The molecule has 0 atom stereocenters. The summed E-state index contributed by atoms with van der Waals surface area (Å²) < 4.78 is 5.15. The van der Waals surface area contributed by atoms with Crippen LogP contribution in [0.1, 0.15) is 23.2 Å². The number of halogens is 1. The SMILES string of the molecule is O=C(OCC(=O)N1CCCC1)c1cc(Cl)nc2ccccc12. The van der Waals surface area contributed by atoms with Crippen molar-refractivity contribution in [2.24, 2.45) is 0 Å². The molecule has 1 fully saturated rings. The molecule has 22 heavy (non-hydrogen) atoms. The van der Waals surface area contributed by atoms with E-state index in [2.05, 4.69) is 4.98 Å². The van der Waals surface area contributed by atoms with Crippen molar-refractivity contribution in [2.75, 3.05) is 19.7 Å². The number of nitrogens with zero attached hydrogens (tertiary/aromatic N) is 2. The Morgan fingerprint density at radius 1 is 1.23 bits per heavy atom. The summed E-state index contributed by atoms with van der Waals surface area (Å²) >= 11 is 5.94. The Morgan fingerprint density at radius 2 is 1.95 bits per heavy atom. The van der Waals surface area contributed by atoms with Gasteiger partial charge in [0.15, 0.2) is 6.61 Å². The average Bonchev–Trinajstić information content (AvgIpc) is 3.06. The molecule has 1 aliphatic heterocycles. The van der Waals surface area contributed by atoms with E-state index in [-0.39, 0.29) is 17.7 Å². The highest BCUT2D eigenvalue weighted by molar-refractivity contribution is 6.30. The number of amides is 1. The van der Waals surface area contributed by atoms with Gasteiger partial charge in [0.25, 0.3) is 5.91 Å². The van der Waals surface area contributed by atoms with E-state index in [0.717, 1.165) is 25.9 Å². The first-order valence-electron chi connectivity index (χ1n) is 7.15. The average molecular weight is 319 g/mol. The van der Waals surface area contributed by atoms with Crippen molar-refractivity contribution in [2.45, 2.75) is 12.8 Å². The van der Waals surface area contributed by atoms with Crippen LogP contribution in [0.25, 0.3) is 10.9 Å². The van der Waals surface area contributed by atoms with Crippen LogP contribution in [0.2, 0.25) is 5.15 Å². The summed E-state index contributed by atoms with van der Waals surface area (Å²) in [6.07, 6.45) is 2.01. The van der Waals surface area contributed by atoms with Crippen LogP contribution in [-0.4, -0.2) is 41.5 Å². The molecule has 0 saturated carbocycles. The molecular formula is C16H15ClN2O3. The number of pyridine rings is 1.